The molecule has 6 heteroatoms. The molecule has 1 saturated carbocycles. The highest BCUT2D eigenvalue weighted by Crippen LogP contribution is 2.39. The summed E-state index contributed by atoms with van der Waals surface area (Å²) in [5.74, 6) is 0.377. The van der Waals surface area contributed by atoms with E-state index in [1.54, 1.807) is 11.3 Å². The molecule has 2 fully saturated rings. The fraction of sp³-hybridized carbons (Fsp3) is 0.556. The van der Waals surface area contributed by atoms with Crippen molar-refractivity contribution < 1.29 is 9.90 Å². The molecule has 128 valence electrons. The van der Waals surface area contributed by atoms with Crippen molar-refractivity contribution in [1.82, 2.24) is 14.5 Å². The van der Waals surface area contributed by atoms with Gasteiger partial charge in [-0.2, -0.15) is 0 Å². The third-order valence-electron chi connectivity index (χ3n) is 5.48. The third kappa shape index (κ3) is 3.00. The van der Waals surface area contributed by atoms with E-state index in [9.17, 15) is 9.90 Å². The highest BCUT2D eigenvalue weighted by molar-refractivity contribution is 7.12. The smallest absolute Gasteiger partial charge is 0.228 e. The highest BCUT2D eigenvalue weighted by Gasteiger charge is 2.43. The number of carbonyl (C=O) groups is 1. The molecule has 1 N–H and O–H groups in total. The van der Waals surface area contributed by atoms with Gasteiger partial charge in [-0.15, -0.1) is 11.3 Å². The number of aliphatic hydroxyl groups is 1. The monoisotopic (exact) mass is 345 g/mol. The van der Waals surface area contributed by atoms with E-state index < -0.39 is 5.60 Å². The molecule has 2 aliphatic rings. The Morgan fingerprint density at radius 1 is 1.33 bits per heavy atom. The maximum atomic E-state index is 12.6. The second-order valence-corrected chi connectivity index (χ2v) is 7.86. The minimum Gasteiger partial charge on any atom is -0.389 e. The minimum atomic E-state index is -0.531. The van der Waals surface area contributed by atoms with Gasteiger partial charge in [-0.25, -0.2) is 4.98 Å². The number of amides is 1. The van der Waals surface area contributed by atoms with Crippen LogP contribution >= 0.6 is 11.3 Å². The van der Waals surface area contributed by atoms with Crippen LogP contribution in [0.1, 0.15) is 37.8 Å². The molecule has 1 aliphatic carbocycles. The first kappa shape index (κ1) is 15.8. The van der Waals surface area contributed by atoms with Crippen LogP contribution in [0.2, 0.25) is 0 Å². The van der Waals surface area contributed by atoms with E-state index in [-0.39, 0.29) is 11.8 Å². The van der Waals surface area contributed by atoms with Crippen molar-refractivity contribution in [3.05, 3.63) is 35.6 Å². The Hall–Kier alpha value is -1.66. The van der Waals surface area contributed by atoms with Gasteiger partial charge in [0.25, 0.3) is 0 Å². The number of aromatic nitrogens is 2. The number of fused-ring (bicyclic) bond motifs is 1. The van der Waals surface area contributed by atoms with Crippen molar-refractivity contribution in [3.8, 4) is 5.13 Å². The van der Waals surface area contributed by atoms with Crippen molar-refractivity contribution in [2.24, 2.45) is 5.92 Å². The molecule has 0 radical (unpaired) electrons. The molecule has 1 amide bonds. The van der Waals surface area contributed by atoms with Crippen molar-refractivity contribution in [2.75, 3.05) is 13.1 Å². The van der Waals surface area contributed by atoms with E-state index in [1.165, 1.54) is 6.42 Å². The number of hydrogen-bond acceptors (Lipinski definition) is 4. The van der Waals surface area contributed by atoms with E-state index in [0.717, 1.165) is 36.5 Å². The Kier molecular flexibility index (Phi) is 4.18. The molecule has 4 rings (SSSR count). The zero-order chi connectivity index (χ0) is 16.6. The summed E-state index contributed by atoms with van der Waals surface area (Å²) in [6.45, 7) is 1.37. The Morgan fingerprint density at radius 2 is 2.17 bits per heavy atom. The van der Waals surface area contributed by atoms with Crippen LogP contribution in [-0.4, -0.2) is 44.2 Å². The van der Waals surface area contributed by atoms with Gasteiger partial charge < -0.3 is 14.6 Å². The van der Waals surface area contributed by atoms with Gasteiger partial charge >= 0.3 is 0 Å². The lowest BCUT2D eigenvalue weighted by Crippen LogP contribution is -2.54. The van der Waals surface area contributed by atoms with Crippen LogP contribution in [0.25, 0.3) is 5.13 Å². The van der Waals surface area contributed by atoms with Crippen LogP contribution in [0.4, 0.5) is 0 Å². The summed E-state index contributed by atoms with van der Waals surface area (Å²) in [5.41, 5.74) is 0.301. The summed E-state index contributed by atoms with van der Waals surface area (Å²) in [5, 5.41) is 13.6. The fourth-order valence-corrected chi connectivity index (χ4v) is 4.81. The number of nitrogens with zero attached hydrogens (tertiary/aromatic N) is 3. The van der Waals surface area contributed by atoms with Gasteiger partial charge in [-0.3, -0.25) is 4.79 Å². The van der Waals surface area contributed by atoms with Gasteiger partial charge in [0.15, 0.2) is 5.13 Å². The number of rotatable bonds is 3. The predicted octanol–water partition coefficient (Wildman–Crippen LogP) is 2.63. The van der Waals surface area contributed by atoms with E-state index >= 15 is 0 Å². The van der Waals surface area contributed by atoms with Crippen LogP contribution in [0.3, 0.4) is 0 Å². The quantitative estimate of drug-likeness (QED) is 0.930. The summed E-state index contributed by atoms with van der Waals surface area (Å²) < 4.78 is 1.96. The van der Waals surface area contributed by atoms with Gasteiger partial charge in [0, 0.05) is 36.8 Å². The number of thiazole rings is 1. The summed E-state index contributed by atoms with van der Waals surface area (Å²) in [6.07, 6.45) is 9.19. The minimum absolute atomic E-state index is 0.131. The van der Waals surface area contributed by atoms with Crippen molar-refractivity contribution in [3.63, 3.8) is 0 Å². The van der Waals surface area contributed by atoms with Crippen molar-refractivity contribution >= 4 is 17.2 Å². The fourth-order valence-electron chi connectivity index (χ4n) is 4.02. The summed E-state index contributed by atoms with van der Waals surface area (Å²) in [6, 6.07) is 3.93. The lowest BCUT2D eigenvalue weighted by atomic mass is 9.71. The van der Waals surface area contributed by atoms with E-state index in [2.05, 4.69) is 4.98 Å². The van der Waals surface area contributed by atoms with E-state index in [1.807, 2.05) is 39.4 Å². The Labute approximate surface area is 145 Å². The molecule has 0 bridgehead atoms. The van der Waals surface area contributed by atoms with Gasteiger partial charge in [0.1, 0.15) is 0 Å². The number of likely N-dealkylation sites (tertiary alicyclic amines) is 1. The van der Waals surface area contributed by atoms with Gasteiger partial charge in [0.05, 0.1) is 17.7 Å². The lowest BCUT2D eigenvalue weighted by molar-refractivity contribution is -0.142. The first-order chi connectivity index (χ1) is 11.6. The van der Waals surface area contributed by atoms with Gasteiger partial charge in [-0.05, 0) is 31.4 Å². The van der Waals surface area contributed by atoms with Crippen LogP contribution in [0.5, 0.6) is 0 Å². The second kappa shape index (κ2) is 6.33. The van der Waals surface area contributed by atoms with Crippen LogP contribution in [0, 0.1) is 5.92 Å². The average molecular weight is 345 g/mol. The number of carbonyl (C=O) groups excluding carboxylic acids is 1. The van der Waals surface area contributed by atoms with Crippen LogP contribution in [0.15, 0.2) is 29.9 Å². The molecule has 2 aromatic rings. The molecule has 1 saturated heterocycles. The summed E-state index contributed by atoms with van der Waals surface area (Å²) >= 11 is 1.55. The maximum absolute atomic E-state index is 12.6. The summed E-state index contributed by atoms with van der Waals surface area (Å²) in [4.78, 5) is 19.1. The Morgan fingerprint density at radius 3 is 3.00 bits per heavy atom. The number of piperidine rings is 1. The van der Waals surface area contributed by atoms with Crippen molar-refractivity contribution in [1.29, 1.82) is 0 Å². The SMILES string of the molecule is O=C(Cc1csc(-n2cccc2)n1)N1CC[C@@]2(O)CCCC[C@H]2C1. The lowest BCUT2D eigenvalue weighted by Gasteiger charge is -2.47. The van der Waals surface area contributed by atoms with Gasteiger partial charge in [0.2, 0.25) is 5.91 Å². The molecule has 2 atom stereocenters. The molecule has 24 heavy (non-hydrogen) atoms. The predicted molar refractivity (Wildman–Crippen MR) is 93.2 cm³/mol. The zero-order valence-electron chi connectivity index (χ0n) is 13.7. The average Bonchev–Trinajstić information content (AvgIpc) is 3.25. The van der Waals surface area contributed by atoms with E-state index in [4.69, 9.17) is 0 Å². The molecule has 2 aromatic heterocycles. The molecule has 1 aliphatic heterocycles. The Bertz CT molecular complexity index is 712. The Balaban J connectivity index is 1.40. The molecular weight excluding hydrogens is 322 g/mol. The van der Waals surface area contributed by atoms with Crippen molar-refractivity contribution in [2.45, 2.75) is 44.1 Å². The maximum Gasteiger partial charge on any atom is 0.228 e. The molecular formula is C18H23N3O2S. The highest BCUT2D eigenvalue weighted by atomic mass is 32.1. The number of hydrogen-bond donors (Lipinski definition) is 1. The normalized spacial score (nSPS) is 27.0. The molecule has 0 unspecified atom stereocenters. The first-order valence-corrected chi connectivity index (χ1v) is 9.60. The zero-order valence-corrected chi connectivity index (χ0v) is 14.5. The largest absolute Gasteiger partial charge is 0.389 e. The first-order valence-electron chi connectivity index (χ1n) is 8.72. The van der Waals surface area contributed by atoms with Crippen LogP contribution < -0.4 is 0 Å². The molecule has 5 nitrogen and oxygen atoms in total. The molecule has 0 spiro atoms. The third-order valence-corrected chi connectivity index (χ3v) is 6.38. The standard InChI is InChI=1S/C18H23N3O2S/c22-16(11-15-13-24-17(19-15)20-8-3-4-9-20)21-10-7-18(23)6-2-1-5-14(18)12-21/h3-4,8-9,13-14,23H,1-2,5-7,10-12H2/t14-,18-/m0/s1. The van der Waals surface area contributed by atoms with Crippen LogP contribution in [-0.2, 0) is 11.2 Å². The molecule has 3 heterocycles. The summed E-state index contributed by atoms with van der Waals surface area (Å²) in [7, 11) is 0. The molecule has 0 aromatic carbocycles. The topological polar surface area (TPSA) is 58.4 Å². The second-order valence-electron chi connectivity index (χ2n) is 7.02. The van der Waals surface area contributed by atoms with E-state index in [0.29, 0.717) is 19.5 Å². The van der Waals surface area contributed by atoms with Gasteiger partial charge in [-0.1, -0.05) is 12.8 Å².